The van der Waals surface area contributed by atoms with Crippen LogP contribution < -0.4 is 5.73 Å². The van der Waals surface area contributed by atoms with Crippen molar-refractivity contribution in [3.8, 4) is 0 Å². The first-order valence-corrected chi connectivity index (χ1v) is 6.43. The summed E-state index contributed by atoms with van der Waals surface area (Å²) in [5.74, 6) is 0. The molecule has 0 saturated heterocycles. The van der Waals surface area contributed by atoms with Crippen molar-refractivity contribution in [2.45, 2.75) is 19.4 Å². The number of hydrogen-bond acceptors (Lipinski definition) is 2. The zero-order valence-corrected chi connectivity index (χ0v) is 11.8. The highest BCUT2D eigenvalue weighted by molar-refractivity contribution is 6.36. The first-order valence-electron chi connectivity index (χ1n) is 5.67. The molecular weight excluding hydrogens is 269 g/mol. The van der Waals surface area contributed by atoms with E-state index in [4.69, 9.17) is 28.9 Å². The number of halogens is 2. The highest BCUT2D eigenvalue weighted by atomic mass is 35.5. The maximum atomic E-state index is 6.21. The van der Waals surface area contributed by atoms with Gasteiger partial charge in [0.1, 0.15) is 0 Å². The lowest BCUT2D eigenvalue weighted by atomic mass is 10.0. The molecule has 5 heteroatoms. The van der Waals surface area contributed by atoms with Gasteiger partial charge in [-0.2, -0.15) is 5.10 Å². The molecule has 3 nitrogen and oxygen atoms in total. The fourth-order valence-corrected chi connectivity index (χ4v) is 2.59. The smallest absolute Gasteiger partial charge is 0.0641 e. The number of aromatic nitrogens is 2. The van der Waals surface area contributed by atoms with Crippen LogP contribution in [0.15, 0.2) is 24.4 Å². The Morgan fingerprint density at radius 2 is 1.94 bits per heavy atom. The van der Waals surface area contributed by atoms with Gasteiger partial charge in [-0.05, 0) is 31.0 Å². The second kappa shape index (κ2) is 5.31. The quantitative estimate of drug-likeness (QED) is 0.940. The Bertz CT molecular complexity index is 543. The van der Waals surface area contributed by atoms with Crippen molar-refractivity contribution in [1.29, 1.82) is 0 Å². The van der Waals surface area contributed by atoms with E-state index in [1.165, 1.54) is 0 Å². The summed E-state index contributed by atoms with van der Waals surface area (Å²) in [4.78, 5) is 0. The zero-order chi connectivity index (χ0) is 13.3. The van der Waals surface area contributed by atoms with Gasteiger partial charge in [-0.15, -0.1) is 0 Å². The summed E-state index contributed by atoms with van der Waals surface area (Å²) < 4.78 is 1.76. The molecule has 2 N–H and O–H groups in total. The van der Waals surface area contributed by atoms with Gasteiger partial charge in [0.15, 0.2) is 0 Å². The topological polar surface area (TPSA) is 43.8 Å². The van der Waals surface area contributed by atoms with Crippen LogP contribution in [0.4, 0.5) is 0 Å². The van der Waals surface area contributed by atoms with E-state index in [1.54, 1.807) is 4.68 Å². The number of nitrogens with zero attached hydrogens (tertiary/aromatic N) is 2. The van der Waals surface area contributed by atoms with E-state index in [0.717, 1.165) is 16.8 Å². The summed E-state index contributed by atoms with van der Waals surface area (Å²) >= 11 is 12.3. The average Bonchev–Trinajstić information content (AvgIpc) is 2.63. The second-order valence-corrected chi connectivity index (χ2v) is 5.17. The van der Waals surface area contributed by atoms with Crippen LogP contribution >= 0.6 is 23.2 Å². The molecule has 2 aromatic rings. The molecule has 1 heterocycles. The van der Waals surface area contributed by atoms with Crippen molar-refractivity contribution in [3.63, 3.8) is 0 Å². The Morgan fingerprint density at radius 3 is 2.44 bits per heavy atom. The summed E-state index contributed by atoms with van der Waals surface area (Å²) in [5.41, 5.74) is 9.05. The summed E-state index contributed by atoms with van der Waals surface area (Å²) in [5, 5.41) is 5.59. The first-order chi connectivity index (χ1) is 8.49. The molecule has 1 aromatic heterocycles. The fourth-order valence-electron chi connectivity index (χ4n) is 2.04. The number of nitrogens with two attached hydrogens (primary N) is 1. The highest BCUT2D eigenvalue weighted by Gasteiger charge is 2.16. The maximum absolute atomic E-state index is 6.21. The molecule has 1 unspecified atom stereocenters. The van der Waals surface area contributed by atoms with Crippen LogP contribution in [0.1, 0.15) is 22.9 Å². The predicted octanol–water partition coefficient (Wildman–Crippen LogP) is 3.28. The predicted molar refractivity (Wildman–Crippen MR) is 75.0 cm³/mol. The summed E-state index contributed by atoms with van der Waals surface area (Å²) in [6.07, 6.45) is 2.54. The minimum atomic E-state index is -0.156. The molecule has 0 radical (unpaired) electrons. The molecule has 2 rings (SSSR count). The van der Waals surface area contributed by atoms with Crippen LogP contribution in [-0.2, 0) is 13.5 Å². The summed E-state index contributed by atoms with van der Waals surface area (Å²) in [7, 11) is 1.88. The van der Waals surface area contributed by atoms with Crippen molar-refractivity contribution >= 4 is 23.2 Å². The fraction of sp³-hybridized carbons (Fsp3) is 0.308. The Kier molecular flexibility index (Phi) is 3.95. The molecule has 0 aliphatic rings. The van der Waals surface area contributed by atoms with E-state index in [-0.39, 0.29) is 6.04 Å². The maximum Gasteiger partial charge on any atom is 0.0641 e. The lowest BCUT2D eigenvalue weighted by Gasteiger charge is -2.13. The molecule has 1 atom stereocenters. The normalized spacial score (nSPS) is 12.7. The standard InChI is InChI=1S/C13H15Cl2N3/c1-8-10(7-18(2)17-8)13(16)6-9-11(14)4-3-5-12(9)15/h3-5,7,13H,6,16H2,1-2H3. The molecule has 1 aromatic carbocycles. The van der Waals surface area contributed by atoms with Crippen LogP contribution in [0.25, 0.3) is 0 Å². The van der Waals surface area contributed by atoms with Gasteiger partial charge in [0, 0.05) is 34.9 Å². The summed E-state index contributed by atoms with van der Waals surface area (Å²) in [6, 6.07) is 5.32. The van der Waals surface area contributed by atoms with E-state index < -0.39 is 0 Å². The van der Waals surface area contributed by atoms with Crippen molar-refractivity contribution in [3.05, 3.63) is 51.3 Å². The van der Waals surface area contributed by atoms with E-state index in [1.807, 2.05) is 38.4 Å². The molecule has 0 spiro atoms. The largest absolute Gasteiger partial charge is 0.324 e. The molecule has 0 saturated carbocycles. The van der Waals surface area contributed by atoms with Crippen LogP contribution in [0.5, 0.6) is 0 Å². The second-order valence-electron chi connectivity index (χ2n) is 4.35. The Hall–Kier alpha value is -1.03. The van der Waals surface area contributed by atoms with Gasteiger partial charge in [-0.1, -0.05) is 29.3 Å². The van der Waals surface area contributed by atoms with E-state index >= 15 is 0 Å². The Labute approximate surface area is 117 Å². The average molecular weight is 284 g/mol. The van der Waals surface area contributed by atoms with Crippen LogP contribution in [-0.4, -0.2) is 9.78 Å². The van der Waals surface area contributed by atoms with Gasteiger partial charge in [0.25, 0.3) is 0 Å². The molecule has 0 bridgehead atoms. The third-order valence-corrected chi connectivity index (χ3v) is 3.64. The minimum Gasteiger partial charge on any atom is -0.324 e. The van der Waals surface area contributed by atoms with Gasteiger partial charge < -0.3 is 5.73 Å². The molecule has 96 valence electrons. The Balaban J connectivity index is 2.26. The van der Waals surface area contributed by atoms with E-state index in [2.05, 4.69) is 5.10 Å². The van der Waals surface area contributed by atoms with Gasteiger partial charge >= 0.3 is 0 Å². The number of hydrogen-bond donors (Lipinski definition) is 1. The number of benzene rings is 1. The molecule has 0 aliphatic carbocycles. The lowest BCUT2D eigenvalue weighted by molar-refractivity contribution is 0.715. The molecule has 18 heavy (non-hydrogen) atoms. The monoisotopic (exact) mass is 283 g/mol. The highest BCUT2D eigenvalue weighted by Crippen LogP contribution is 2.29. The first kappa shape index (κ1) is 13.4. The third kappa shape index (κ3) is 2.69. The molecule has 0 fully saturated rings. The summed E-state index contributed by atoms with van der Waals surface area (Å²) in [6.45, 7) is 1.95. The van der Waals surface area contributed by atoms with E-state index in [0.29, 0.717) is 16.5 Å². The molecule has 0 amide bonds. The van der Waals surface area contributed by atoms with Gasteiger partial charge in [0.2, 0.25) is 0 Å². The molecular formula is C13H15Cl2N3. The van der Waals surface area contributed by atoms with Crippen LogP contribution in [0.3, 0.4) is 0 Å². The third-order valence-electron chi connectivity index (χ3n) is 2.94. The van der Waals surface area contributed by atoms with Gasteiger partial charge in [-0.3, -0.25) is 4.68 Å². The number of aryl methyl sites for hydroxylation is 2. The Morgan fingerprint density at radius 1 is 1.33 bits per heavy atom. The lowest BCUT2D eigenvalue weighted by Crippen LogP contribution is -2.14. The van der Waals surface area contributed by atoms with Crippen molar-refractivity contribution in [2.24, 2.45) is 12.8 Å². The van der Waals surface area contributed by atoms with Gasteiger partial charge in [0.05, 0.1) is 5.69 Å². The van der Waals surface area contributed by atoms with Crippen molar-refractivity contribution in [2.75, 3.05) is 0 Å². The van der Waals surface area contributed by atoms with Crippen LogP contribution in [0.2, 0.25) is 10.0 Å². The zero-order valence-electron chi connectivity index (χ0n) is 10.3. The van der Waals surface area contributed by atoms with Crippen molar-refractivity contribution in [1.82, 2.24) is 9.78 Å². The minimum absolute atomic E-state index is 0.156. The molecule has 0 aliphatic heterocycles. The van der Waals surface area contributed by atoms with Gasteiger partial charge in [-0.25, -0.2) is 0 Å². The van der Waals surface area contributed by atoms with Crippen LogP contribution in [0, 0.1) is 6.92 Å². The van der Waals surface area contributed by atoms with E-state index in [9.17, 15) is 0 Å². The van der Waals surface area contributed by atoms with Crippen molar-refractivity contribution < 1.29 is 0 Å². The number of rotatable bonds is 3. The SMILES string of the molecule is Cc1nn(C)cc1C(N)Cc1c(Cl)cccc1Cl.